The van der Waals surface area contributed by atoms with Crippen molar-refractivity contribution < 1.29 is 0 Å². The van der Waals surface area contributed by atoms with Crippen LogP contribution in [0.3, 0.4) is 0 Å². The molecule has 1 aliphatic heterocycles. The zero-order valence-corrected chi connectivity index (χ0v) is 8.88. The Morgan fingerprint density at radius 3 is 2.36 bits per heavy atom. The fourth-order valence-electron chi connectivity index (χ4n) is 1.78. The highest BCUT2D eigenvalue weighted by Gasteiger charge is 2.06. The molecule has 14 heavy (non-hydrogen) atoms. The second kappa shape index (κ2) is 3.97. The first kappa shape index (κ1) is 9.47. The van der Waals surface area contributed by atoms with E-state index in [1.165, 1.54) is 16.7 Å². The molecule has 1 aromatic carbocycles. The molecular weight excluding hydrogens is 170 g/mol. The summed E-state index contributed by atoms with van der Waals surface area (Å²) >= 11 is 0. The minimum absolute atomic E-state index is 0.625. The van der Waals surface area contributed by atoms with E-state index < -0.39 is 0 Å². The molecule has 2 rings (SSSR count). The highest BCUT2D eigenvalue weighted by Crippen LogP contribution is 2.20. The Kier molecular flexibility index (Phi) is 2.69. The summed E-state index contributed by atoms with van der Waals surface area (Å²) in [6, 6.07) is 8.93. The van der Waals surface area contributed by atoms with Crippen LogP contribution in [0.4, 0.5) is 0 Å². The van der Waals surface area contributed by atoms with E-state index >= 15 is 0 Å². The van der Waals surface area contributed by atoms with Crippen molar-refractivity contribution in [2.75, 3.05) is 13.1 Å². The summed E-state index contributed by atoms with van der Waals surface area (Å²) in [6.45, 7) is 6.49. The number of nitrogens with one attached hydrogen (secondary N) is 1. The molecule has 1 N–H and O–H groups in total. The van der Waals surface area contributed by atoms with Crippen molar-refractivity contribution in [3.8, 4) is 0 Å². The normalized spacial score (nSPS) is 16.1. The molecule has 0 atom stereocenters. The van der Waals surface area contributed by atoms with Crippen LogP contribution in [0, 0.1) is 0 Å². The first-order chi connectivity index (χ1) is 6.77. The van der Waals surface area contributed by atoms with E-state index in [0.717, 1.165) is 13.1 Å². The molecule has 1 aromatic rings. The molecule has 1 nitrogen and oxygen atoms in total. The van der Waals surface area contributed by atoms with Crippen molar-refractivity contribution in [2.24, 2.45) is 0 Å². The van der Waals surface area contributed by atoms with Crippen molar-refractivity contribution in [3.63, 3.8) is 0 Å². The molecule has 0 aliphatic carbocycles. The fraction of sp³-hybridized carbons (Fsp3) is 0.385. The highest BCUT2D eigenvalue weighted by molar-refractivity contribution is 5.69. The molecule has 74 valence electrons. The van der Waals surface area contributed by atoms with Gasteiger partial charge in [0, 0.05) is 13.1 Å². The van der Waals surface area contributed by atoms with Gasteiger partial charge < -0.3 is 5.32 Å². The maximum absolute atomic E-state index is 3.32. The molecule has 0 radical (unpaired) electrons. The van der Waals surface area contributed by atoms with Crippen molar-refractivity contribution in [2.45, 2.75) is 19.8 Å². The molecule has 1 heterocycles. The van der Waals surface area contributed by atoms with Crippen molar-refractivity contribution in [1.82, 2.24) is 5.32 Å². The van der Waals surface area contributed by atoms with Gasteiger partial charge in [-0.25, -0.2) is 0 Å². The van der Waals surface area contributed by atoms with E-state index in [9.17, 15) is 0 Å². The molecule has 0 amide bonds. The van der Waals surface area contributed by atoms with Crippen LogP contribution in [0.1, 0.15) is 30.9 Å². The summed E-state index contributed by atoms with van der Waals surface area (Å²) in [5, 5.41) is 3.32. The lowest BCUT2D eigenvalue weighted by molar-refractivity contribution is 0.866. The number of benzene rings is 1. The third-order valence-electron chi connectivity index (χ3n) is 2.76. The van der Waals surface area contributed by atoms with Gasteiger partial charge in [0.2, 0.25) is 0 Å². The summed E-state index contributed by atoms with van der Waals surface area (Å²) in [6.07, 6.45) is 2.27. The zero-order chi connectivity index (χ0) is 9.97. The smallest absolute Gasteiger partial charge is 0.0211 e. The van der Waals surface area contributed by atoms with Crippen molar-refractivity contribution >= 4 is 5.57 Å². The Morgan fingerprint density at radius 2 is 1.86 bits per heavy atom. The van der Waals surface area contributed by atoms with Crippen LogP contribution in [0.2, 0.25) is 0 Å². The second-order valence-corrected chi connectivity index (χ2v) is 4.14. The summed E-state index contributed by atoms with van der Waals surface area (Å²) in [4.78, 5) is 0. The molecular formula is C13H17N. The van der Waals surface area contributed by atoms with E-state index in [4.69, 9.17) is 0 Å². The lowest BCUT2D eigenvalue weighted by Gasteiger charge is -2.07. The predicted molar refractivity (Wildman–Crippen MR) is 61.4 cm³/mol. The number of rotatable bonds is 2. The summed E-state index contributed by atoms with van der Waals surface area (Å²) < 4.78 is 0. The van der Waals surface area contributed by atoms with Gasteiger partial charge >= 0.3 is 0 Å². The predicted octanol–water partition coefficient (Wildman–Crippen LogP) is 2.80. The average Bonchev–Trinajstić information content (AvgIpc) is 2.71. The Hall–Kier alpha value is -1.08. The Balaban J connectivity index is 2.21. The SMILES string of the molecule is CC(C)c1ccc(C2=CCNC2)cc1. The van der Waals surface area contributed by atoms with Gasteiger partial charge in [0.1, 0.15) is 0 Å². The molecule has 0 saturated carbocycles. The summed E-state index contributed by atoms with van der Waals surface area (Å²) in [5.74, 6) is 0.625. The van der Waals surface area contributed by atoms with E-state index in [-0.39, 0.29) is 0 Å². The largest absolute Gasteiger partial charge is 0.309 e. The molecule has 1 aliphatic rings. The third-order valence-corrected chi connectivity index (χ3v) is 2.76. The van der Waals surface area contributed by atoms with Crippen LogP contribution in [0.15, 0.2) is 30.3 Å². The van der Waals surface area contributed by atoms with Gasteiger partial charge in [-0.2, -0.15) is 0 Å². The van der Waals surface area contributed by atoms with E-state index in [1.54, 1.807) is 0 Å². The van der Waals surface area contributed by atoms with Crippen molar-refractivity contribution in [1.29, 1.82) is 0 Å². The Bertz CT molecular complexity index is 333. The van der Waals surface area contributed by atoms with E-state index in [2.05, 4.69) is 49.5 Å². The maximum atomic E-state index is 3.32. The van der Waals surface area contributed by atoms with E-state index in [0.29, 0.717) is 5.92 Å². The molecule has 0 fully saturated rings. The third kappa shape index (κ3) is 1.88. The van der Waals surface area contributed by atoms with Crippen molar-refractivity contribution in [3.05, 3.63) is 41.5 Å². The molecule has 0 aromatic heterocycles. The first-order valence-electron chi connectivity index (χ1n) is 5.27. The Morgan fingerprint density at radius 1 is 1.14 bits per heavy atom. The van der Waals surface area contributed by atoms with Crippen LogP contribution in [-0.2, 0) is 0 Å². The van der Waals surface area contributed by atoms with E-state index in [1.807, 2.05) is 0 Å². The highest BCUT2D eigenvalue weighted by atomic mass is 14.9. The lowest BCUT2D eigenvalue weighted by Crippen LogP contribution is -2.07. The Labute approximate surface area is 85.8 Å². The number of hydrogen-bond acceptors (Lipinski definition) is 1. The van der Waals surface area contributed by atoms with Gasteiger partial charge in [-0.3, -0.25) is 0 Å². The van der Waals surface area contributed by atoms with Gasteiger partial charge in [-0.15, -0.1) is 0 Å². The standard InChI is InChI=1S/C13H17N/c1-10(2)11-3-5-12(6-4-11)13-7-8-14-9-13/h3-7,10,14H,8-9H2,1-2H3. The fourth-order valence-corrected chi connectivity index (χ4v) is 1.78. The van der Waals surface area contributed by atoms with Gasteiger partial charge in [0.15, 0.2) is 0 Å². The molecule has 0 bridgehead atoms. The van der Waals surface area contributed by atoms with Crippen LogP contribution in [0.25, 0.3) is 5.57 Å². The first-order valence-corrected chi connectivity index (χ1v) is 5.27. The zero-order valence-electron chi connectivity index (χ0n) is 8.88. The summed E-state index contributed by atoms with van der Waals surface area (Å²) in [7, 11) is 0. The van der Waals surface area contributed by atoms with Crippen LogP contribution in [0.5, 0.6) is 0 Å². The quantitative estimate of drug-likeness (QED) is 0.750. The van der Waals surface area contributed by atoms with Gasteiger partial charge in [0.05, 0.1) is 0 Å². The average molecular weight is 187 g/mol. The van der Waals surface area contributed by atoms with Crippen LogP contribution < -0.4 is 5.32 Å². The van der Waals surface area contributed by atoms with Gasteiger partial charge in [0.25, 0.3) is 0 Å². The maximum Gasteiger partial charge on any atom is 0.0211 e. The molecule has 0 unspecified atom stereocenters. The van der Waals surface area contributed by atoms with Gasteiger partial charge in [-0.1, -0.05) is 44.2 Å². The number of hydrogen-bond donors (Lipinski definition) is 1. The monoisotopic (exact) mass is 187 g/mol. The molecule has 0 spiro atoms. The summed E-state index contributed by atoms with van der Waals surface area (Å²) in [5.41, 5.74) is 4.21. The second-order valence-electron chi connectivity index (χ2n) is 4.14. The molecule has 1 heteroatoms. The van der Waals surface area contributed by atoms with Crippen LogP contribution >= 0.6 is 0 Å². The lowest BCUT2D eigenvalue weighted by atomic mass is 9.99. The topological polar surface area (TPSA) is 12.0 Å². The minimum atomic E-state index is 0.625. The minimum Gasteiger partial charge on any atom is -0.309 e. The van der Waals surface area contributed by atoms with Crippen LogP contribution in [-0.4, -0.2) is 13.1 Å². The molecule has 0 saturated heterocycles. The van der Waals surface area contributed by atoms with Gasteiger partial charge in [-0.05, 0) is 22.6 Å².